The number of nitrogens with zero attached hydrogens (tertiary/aromatic N) is 3. The molecule has 0 aliphatic carbocycles. The molecular formula is C13H18N4O. The predicted molar refractivity (Wildman–Crippen MR) is 69.4 cm³/mol. The summed E-state index contributed by atoms with van der Waals surface area (Å²) in [5.41, 5.74) is 6.79. The zero-order chi connectivity index (χ0) is 13.0. The first-order valence-electron chi connectivity index (χ1n) is 6.14. The van der Waals surface area contributed by atoms with E-state index in [1.165, 1.54) is 0 Å². The molecule has 0 saturated carbocycles. The molecule has 2 aromatic heterocycles. The van der Waals surface area contributed by atoms with Gasteiger partial charge in [-0.2, -0.15) is 5.10 Å². The van der Waals surface area contributed by atoms with Crippen LogP contribution in [0.25, 0.3) is 0 Å². The summed E-state index contributed by atoms with van der Waals surface area (Å²) in [4.78, 5) is 4.30. The van der Waals surface area contributed by atoms with E-state index in [1.807, 2.05) is 36.9 Å². The minimum absolute atomic E-state index is 0.0121. The van der Waals surface area contributed by atoms with Gasteiger partial charge < -0.3 is 10.5 Å². The number of hydrogen-bond acceptors (Lipinski definition) is 4. The summed E-state index contributed by atoms with van der Waals surface area (Å²) in [5.74, 6) is 1.41. The van der Waals surface area contributed by atoms with Crippen molar-refractivity contribution in [2.45, 2.75) is 32.9 Å². The molecule has 0 aliphatic heterocycles. The number of aromatic nitrogens is 3. The van der Waals surface area contributed by atoms with Crippen LogP contribution in [0.1, 0.15) is 32.0 Å². The number of ether oxygens (including phenoxy) is 1. The van der Waals surface area contributed by atoms with Crippen molar-refractivity contribution < 1.29 is 4.74 Å². The third-order valence-corrected chi connectivity index (χ3v) is 2.75. The molecule has 2 rings (SSSR count). The van der Waals surface area contributed by atoms with Gasteiger partial charge in [0.15, 0.2) is 5.75 Å². The minimum Gasteiger partial charge on any atom is -0.452 e. The van der Waals surface area contributed by atoms with Gasteiger partial charge >= 0.3 is 0 Å². The number of hydrogen-bond donors (Lipinski definition) is 1. The maximum Gasteiger partial charge on any atom is 0.165 e. The first-order chi connectivity index (χ1) is 8.72. The molecule has 18 heavy (non-hydrogen) atoms. The van der Waals surface area contributed by atoms with Gasteiger partial charge in [-0.05, 0) is 25.5 Å². The van der Waals surface area contributed by atoms with Crippen molar-refractivity contribution in [2.75, 3.05) is 0 Å². The number of rotatable bonds is 5. The number of nitrogens with two attached hydrogens (primary N) is 1. The predicted octanol–water partition coefficient (Wildman–Crippen LogP) is 2.50. The Kier molecular flexibility index (Phi) is 3.94. The molecule has 2 heterocycles. The van der Waals surface area contributed by atoms with Gasteiger partial charge in [0.05, 0.1) is 24.3 Å². The Morgan fingerprint density at radius 1 is 1.28 bits per heavy atom. The molecule has 0 saturated heterocycles. The molecule has 0 aromatic carbocycles. The maximum absolute atomic E-state index is 5.90. The number of pyridine rings is 1. The van der Waals surface area contributed by atoms with Crippen LogP contribution in [-0.2, 0) is 6.54 Å². The van der Waals surface area contributed by atoms with Gasteiger partial charge in [0, 0.05) is 12.6 Å². The largest absolute Gasteiger partial charge is 0.452 e. The molecular weight excluding hydrogens is 228 g/mol. The highest BCUT2D eigenvalue weighted by Crippen LogP contribution is 2.21. The van der Waals surface area contributed by atoms with Crippen LogP contribution in [0.15, 0.2) is 30.7 Å². The number of aryl methyl sites for hydroxylation is 1. The van der Waals surface area contributed by atoms with E-state index in [0.717, 1.165) is 18.7 Å². The fraction of sp³-hybridized carbons (Fsp3) is 0.385. The molecule has 0 aliphatic rings. The summed E-state index contributed by atoms with van der Waals surface area (Å²) < 4.78 is 7.45. The van der Waals surface area contributed by atoms with Gasteiger partial charge in [-0.15, -0.1) is 0 Å². The highest BCUT2D eigenvalue weighted by Gasteiger charge is 2.06. The van der Waals surface area contributed by atoms with Gasteiger partial charge in [-0.25, -0.2) is 0 Å². The molecule has 0 spiro atoms. The molecule has 96 valence electrons. The van der Waals surface area contributed by atoms with Crippen LogP contribution in [0.4, 0.5) is 0 Å². The van der Waals surface area contributed by atoms with Crippen molar-refractivity contribution >= 4 is 0 Å². The van der Waals surface area contributed by atoms with Crippen LogP contribution in [0.2, 0.25) is 0 Å². The Balaban J connectivity index is 2.06. The minimum atomic E-state index is -0.0121. The van der Waals surface area contributed by atoms with Crippen LogP contribution >= 0.6 is 0 Å². The van der Waals surface area contributed by atoms with Gasteiger partial charge in [0.25, 0.3) is 0 Å². The molecule has 0 radical (unpaired) electrons. The first-order valence-corrected chi connectivity index (χ1v) is 6.14. The zero-order valence-corrected chi connectivity index (χ0v) is 10.7. The highest BCUT2D eigenvalue weighted by atomic mass is 16.5. The lowest BCUT2D eigenvalue weighted by Gasteiger charge is -2.08. The summed E-state index contributed by atoms with van der Waals surface area (Å²) in [6, 6.07) is 3.76. The molecule has 0 fully saturated rings. The normalized spacial score (nSPS) is 12.4. The molecule has 5 heteroatoms. The molecule has 0 amide bonds. The molecule has 0 bridgehead atoms. The van der Waals surface area contributed by atoms with Crippen molar-refractivity contribution in [3.63, 3.8) is 0 Å². The first kappa shape index (κ1) is 12.6. The van der Waals surface area contributed by atoms with Crippen LogP contribution in [0.3, 0.4) is 0 Å². The van der Waals surface area contributed by atoms with E-state index >= 15 is 0 Å². The van der Waals surface area contributed by atoms with Crippen LogP contribution in [0, 0.1) is 0 Å². The smallest absolute Gasteiger partial charge is 0.165 e. The monoisotopic (exact) mass is 246 g/mol. The Morgan fingerprint density at radius 2 is 2.11 bits per heavy atom. The van der Waals surface area contributed by atoms with Crippen LogP contribution < -0.4 is 10.5 Å². The molecule has 1 atom stereocenters. The van der Waals surface area contributed by atoms with Crippen molar-refractivity contribution in [1.29, 1.82) is 0 Å². The van der Waals surface area contributed by atoms with E-state index in [2.05, 4.69) is 10.1 Å². The van der Waals surface area contributed by atoms with Crippen molar-refractivity contribution in [1.82, 2.24) is 14.8 Å². The molecule has 5 nitrogen and oxygen atoms in total. The van der Waals surface area contributed by atoms with E-state index in [0.29, 0.717) is 11.5 Å². The van der Waals surface area contributed by atoms with E-state index in [9.17, 15) is 0 Å². The lowest BCUT2D eigenvalue weighted by Crippen LogP contribution is -2.10. The van der Waals surface area contributed by atoms with Gasteiger partial charge in [-0.3, -0.25) is 9.67 Å². The summed E-state index contributed by atoms with van der Waals surface area (Å²) in [6.07, 6.45) is 6.10. The fourth-order valence-electron chi connectivity index (χ4n) is 1.59. The Labute approximate surface area is 107 Å². The quantitative estimate of drug-likeness (QED) is 0.880. The fourth-order valence-corrected chi connectivity index (χ4v) is 1.59. The third-order valence-electron chi connectivity index (χ3n) is 2.75. The SMILES string of the molecule is CC[C@H](N)c1ccc(Oc2cnn(CC)c2)cn1. The average molecular weight is 246 g/mol. The molecule has 2 aromatic rings. The van der Waals surface area contributed by atoms with Crippen LogP contribution in [0.5, 0.6) is 11.5 Å². The van der Waals surface area contributed by atoms with Gasteiger partial charge in [0.2, 0.25) is 0 Å². The van der Waals surface area contributed by atoms with E-state index < -0.39 is 0 Å². The summed E-state index contributed by atoms with van der Waals surface area (Å²) in [7, 11) is 0. The van der Waals surface area contributed by atoms with Crippen molar-refractivity contribution in [2.24, 2.45) is 5.73 Å². The summed E-state index contributed by atoms with van der Waals surface area (Å²) in [6.45, 7) is 4.89. The lowest BCUT2D eigenvalue weighted by atomic mass is 10.1. The second-order valence-electron chi connectivity index (χ2n) is 4.07. The second-order valence-corrected chi connectivity index (χ2v) is 4.07. The van der Waals surface area contributed by atoms with E-state index in [4.69, 9.17) is 10.5 Å². The van der Waals surface area contributed by atoms with Crippen molar-refractivity contribution in [3.05, 3.63) is 36.4 Å². The summed E-state index contributed by atoms with van der Waals surface area (Å²) >= 11 is 0. The highest BCUT2D eigenvalue weighted by molar-refractivity contribution is 5.27. The standard InChI is InChI=1S/C13H18N4O/c1-3-12(14)13-6-5-10(7-15-13)18-11-8-16-17(4-2)9-11/h5-9,12H,3-4,14H2,1-2H3/t12-/m0/s1. The maximum atomic E-state index is 5.90. The van der Waals surface area contributed by atoms with Gasteiger partial charge in [-0.1, -0.05) is 6.92 Å². The average Bonchev–Trinajstić information content (AvgIpc) is 2.86. The Hall–Kier alpha value is -1.88. The van der Waals surface area contributed by atoms with E-state index in [-0.39, 0.29) is 6.04 Å². The van der Waals surface area contributed by atoms with E-state index in [1.54, 1.807) is 12.4 Å². The lowest BCUT2D eigenvalue weighted by molar-refractivity contribution is 0.477. The second kappa shape index (κ2) is 5.64. The molecule has 2 N–H and O–H groups in total. The van der Waals surface area contributed by atoms with Gasteiger partial charge in [0.1, 0.15) is 5.75 Å². The third kappa shape index (κ3) is 2.87. The Morgan fingerprint density at radius 3 is 2.67 bits per heavy atom. The zero-order valence-electron chi connectivity index (χ0n) is 10.7. The summed E-state index contributed by atoms with van der Waals surface area (Å²) in [5, 5.41) is 4.14. The van der Waals surface area contributed by atoms with Crippen LogP contribution in [-0.4, -0.2) is 14.8 Å². The van der Waals surface area contributed by atoms with Crippen molar-refractivity contribution in [3.8, 4) is 11.5 Å². The molecule has 0 unspecified atom stereocenters. The Bertz CT molecular complexity index is 492. The topological polar surface area (TPSA) is 66.0 Å².